The summed E-state index contributed by atoms with van der Waals surface area (Å²) in [5.74, 6) is -0.0997. The lowest BCUT2D eigenvalue weighted by molar-refractivity contribution is -0.124. The van der Waals surface area contributed by atoms with E-state index in [4.69, 9.17) is 5.73 Å². The monoisotopic (exact) mass is 259 g/mol. The second-order valence-electron chi connectivity index (χ2n) is 4.24. The molecule has 0 radical (unpaired) electrons. The summed E-state index contributed by atoms with van der Waals surface area (Å²) < 4.78 is 1.52. The van der Waals surface area contributed by atoms with Gasteiger partial charge in [-0.1, -0.05) is 24.3 Å². The van der Waals surface area contributed by atoms with E-state index in [0.717, 1.165) is 11.1 Å². The molecule has 1 heterocycles. The Balaban J connectivity index is 1.97. The molecule has 2 aromatic rings. The summed E-state index contributed by atoms with van der Waals surface area (Å²) in [7, 11) is 0. The molecule has 1 unspecified atom stereocenters. The molecule has 19 heavy (non-hydrogen) atoms. The maximum absolute atomic E-state index is 12.0. The van der Waals surface area contributed by atoms with E-state index in [2.05, 4.69) is 15.4 Å². The first-order chi connectivity index (χ1) is 9.22. The molecule has 0 aliphatic carbocycles. The summed E-state index contributed by atoms with van der Waals surface area (Å²) in [4.78, 5) is 15.8. The van der Waals surface area contributed by atoms with Gasteiger partial charge in [0.25, 0.3) is 0 Å². The van der Waals surface area contributed by atoms with Gasteiger partial charge in [-0.3, -0.25) is 4.79 Å². The van der Waals surface area contributed by atoms with E-state index in [-0.39, 0.29) is 11.9 Å². The van der Waals surface area contributed by atoms with Crippen molar-refractivity contribution in [2.45, 2.75) is 26.1 Å². The van der Waals surface area contributed by atoms with E-state index in [1.54, 1.807) is 6.92 Å². The van der Waals surface area contributed by atoms with Gasteiger partial charge in [0.2, 0.25) is 5.91 Å². The fourth-order valence-electron chi connectivity index (χ4n) is 1.80. The van der Waals surface area contributed by atoms with Gasteiger partial charge in [0.05, 0.1) is 0 Å². The predicted octanol–water partition coefficient (Wildman–Crippen LogP) is 0.614. The highest BCUT2D eigenvalue weighted by Gasteiger charge is 2.15. The third-order valence-electron chi connectivity index (χ3n) is 3.00. The van der Waals surface area contributed by atoms with Crippen molar-refractivity contribution in [1.29, 1.82) is 0 Å². The van der Waals surface area contributed by atoms with Crippen LogP contribution in [-0.4, -0.2) is 20.7 Å². The molecule has 3 N–H and O–H groups in total. The number of benzene rings is 1. The quantitative estimate of drug-likeness (QED) is 0.824. The number of hydrogen-bond acceptors (Lipinski definition) is 4. The minimum Gasteiger partial charge on any atom is -0.350 e. The maximum atomic E-state index is 12.0. The molecular formula is C13H17N5O. The number of carbonyl (C=O) groups excluding carboxylic acids is 1. The Hall–Kier alpha value is -2.21. The van der Waals surface area contributed by atoms with Gasteiger partial charge in [-0.25, -0.2) is 9.67 Å². The second kappa shape index (κ2) is 6.10. The van der Waals surface area contributed by atoms with Gasteiger partial charge in [-0.05, 0) is 18.1 Å². The van der Waals surface area contributed by atoms with Crippen molar-refractivity contribution in [2.24, 2.45) is 5.73 Å². The number of nitrogens with one attached hydrogen (secondary N) is 1. The van der Waals surface area contributed by atoms with Gasteiger partial charge in [0.15, 0.2) is 0 Å². The van der Waals surface area contributed by atoms with Crippen molar-refractivity contribution in [3.8, 4) is 0 Å². The molecule has 0 saturated heterocycles. The molecule has 1 aromatic carbocycles. The molecule has 6 heteroatoms. The first-order valence-electron chi connectivity index (χ1n) is 6.11. The largest absolute Gasteiger partial charge is 0.350 e. The van der Waals surface area contributed by atoms with Crippen LogP contribution < -0.4 is 11.1 Å². The van der Waals surface area contributed by atoms with Crippen LogP contribution >= 0.6 is 0 Å². The number of nitrogens with zero attached hydrogens (tertiary/aromatic N) is 3. The van der Waals surface area contributed by atoms with E-state index < -0.39 is 0 Å². The van der Waals surface area contributed by atoms with Crippen molar-refractivity contribution < 1.29 is 4.79 Å². The summed E-state index contributed by atoms with van der Waals surface area (Å²) in [6.07, 6.45) is 2.94. The highest BCUT2D eigenvalue weighted by molar-refractivity contribution is 5.79. The van der Waals surface area contributed by atoms with Gasteiger partial charge in [-0.2, -0.15) is 5.10 Å². The van der Waals surface area contributed by atoms with Crippen molar-refractivity contribution in [1.82, 2.24) is 20.1 Å². The average Bonchev–Trinajstić information content (AvgIpc) is 2.98. The zero-order valence-corrected chi connectivity index (χ0v) is 10.8. The van der Waals surface area contributed by atoms with Crippen molar-refractivity contribution in [3.05, 3.63) is 48.0 Å². The maximum Gasteiger partial charge on any atom is 0.244 e. The topological polar surface area (TPSA) is 85.8 Å². The van der Waals surface area contributed by atoms with Crippen LogP contribution in [0.2, 0.25) is 0 Å². The standard InChI is InChI=1S/C13H17N5O/c1-10(18-9-15-8-17-18)13(19)16-7-12-5-3-2-4-11(12)6-14/h2-5,8-10H,6-7,14H2,1H3,(H,16,19). The Morgan fingerprint density at radius 1 is 1.42 bits per heavy atom. The summed E-state index contributed by atoms with van der Waals surface area (Å²) in [5, 5.41) is 6.83. The number of rotatable bonds is 5. The van der Waals surface area contributed by atoms with Crippen LogP contribution in [0.15, 0.2) is 36.9 Å². The van der Waals surface area contributed by atoms with E-state index in [1.165, 1.54) is 17.3 Å². The van der Waals surface area contributed by atoms with Crippen LogP contribution in [-0.2, 0) is 17.9 Å². The zero-order chi connectivity index (χ0) is 13.7. The molecule has 1 amide bonds. The van der Waals surface area contributed by atoms with E-state index in [1.807, 2.05) is 24.3 Å². The lowest BCUT2D eigenvalue weighted by Crippen LogP contribution is -2.31. The SMILES string of the molecule is CC(C(=O)NCc1ccccc1CN)n1cncn1. The second-order valence-corrected chi connectivity index (χ2v) is 4.24. The number of carbonyl (C=O) groups is 1. The Morgan fingerprint density at radius 3 is 2.79 bits per heavy atom. The highest BCUT2D eigenvalue weighted by Crippen LogP contribution is 2.08. The third kappa shape index (κ3) is 3.17. The lowest BCUT2D eigenvalue weighted by Gasteiger charge is -2.13. The summed E-state index contributed by atoms with van der Waals surface area (Å²) in [6, 6.07) is 7.41. The molecule has 1 aromatic heterocycles. The molecule has 0 aliphatic heterocycles. The Kier molecular flexibility index (Phi) is 4.25. The third-order valence-corrected chi connectivity index (χ3v) is 3.00. The van der Waals surface area contributed by atoms with Crippen LogP contribution in [0, 0.1) is 0 Å². The van der Waals surface area contributed by atoms with Gasteiger partial charge >= 0.3 is 0 Å². The number of aromatic nitrogens is 3. The van der Waals surface area contributed by atoms with Crippen LogP contribution in [0.5, 0.6) is 0 Å². The van der Waals surface area contributed by atoms with Gasteiger partial charge in [-0.15, -0.1) is 0 Å². The molecule has 2 rings (SSSR count). The normalized spacial score (nSPS) is 12.1. The Morgan fingerprint density at radius 2 is 2.16 bits per heavy atom. The van der Waals surface area contributed by atoms with Crippen molar-refractivity contribution in [3.63, 3.8) is 0 Å². The highest BCUT2D eigenvalue weighted by atomic mass is 16.2. The molecule has 0 fully saturated rings. The van der Waals surface area contributed by atoms with Crippen LogP contribution in [0.1, 0.15) is 24.1 Å². The van der Waals surface area contributed by atoms with Crippen molar-refractivity contribution >= 4 is 5.91 Å². The zero-order valence-electron chi connectivity index (χ0n) is 10.8. The molecule has 100 valence electrons. The van der Waals surface area contributed by atoms with E-state index >= 15 is 0 Å². The first-order valence-corrected chi connectivity index (χ1v) is 6.11. The number of nitrogens with two attached hydrogens (primary N) is 1. The summed E-state index contributed by atoms with van der Waals surface area (Å²) >= 11 is 0. The predicted molar refractivity (Wildman–Crippen MR) is 70.9 cm³/mol. The van der Waals surface area contributed by atoms with Crippen LogP contribution in [0.25, 0.3) is 0 Å². The minimum absolute atomic E-state index is 0.0997. The van der Waals surface area contributed by atoms with Crippen LogP contribution in [0.4, 0.5) is 0 Å². The van der Waals surface area contributed by atoms with E-state index in [0.29, 0.717) is 13.1 Å². The molecule has 0 saturated carbocycles. The summed E-state index contributed by atoms with van der Waals surface area (Å²) in [5.41, 5.74) is 7.73. The minimum atomic E-state index is -0.382. The first kappa shape index (κ1) is 13.2. The molecule has 1 atom stereocenters. The molecular weight excluding hydrogens is 242 g/mol. The van der Waals surface area contributed by atoms with Gasteiger partial charge in [0.1, 0.15) is 18.7 Å². The van der Waals surface area contributed by atoms with E-state index in [9.17, 15) is 4.79 Å². The van der Waals surface area contributed by atoms with Crippen molar-refractivity contribution in [2.75, 3.05) is 0 Å². The molecule has 6 nitrogen and oxygen atoms in total. The van der Waals surface area contributed by atoms with Crippen LogP contribution in [0.3, 0.4) is 0 Å². The average molecular weight is 259 g/mol. The molecule has 0 bridgehead atoms. The summed E-state index contributed by atoms with van der Waals surface area (Å²) in [6.45, 7) is 2.70. The fourth-order valence-corrected chi connectivity index (χ4v) is 1.80. The molecule has 0 spiro atoms. The van der Waals surface area contributed by atoms with Gasteiger partial charge in [0, 0.05) is 13.1 Å². The fraction of sp³-hybridized carbons (Fsp3) is 0.308. The number of amides is 1. The van der Waals surface area contributed by atoms with Gasteiger partial charge < -0.3 is 11.1 Å². The Labute approximate surface area is 111 Å². The molecule has 0 aliphatic rings. The number of hydrogen-bond donors (Lipinski definition) is 2. The lowest BCUT2D eigenvalue weighted by atomic mass is 10.1. The Bertz CT molecular complexity index is 538. The smallest absolute Gasteiger partial charge is 0.244 e.